The predicted octanol–water partition coefficient (Wildman–Crippen LogP) is 6.25. The van der Waals surface area contributed by atoms with Gasteiger partial charge in [0.15, 0.2) is 0 Å². The van der Waals surface area contributed by atoms with E-state index in [-0.39, 0.29) is 5.97 Å². The molecule has 0 spiro atoms. The van der Waals surface area contributed by atoms with Gasteiger partial charge in [0, 0.05) is 18.3 Å². The molecular weight excluding hydrogens is 310 g/mol. The molecule has 140 valence electrons. The lowest BCUT2D eigenvalue weighted by Gasteiger charge is -2.08. The molecule has 1 aromatic rings. The molecule has 1 N–H and O–H groups in total. The summed E-state index contributed by atoms with van der Waals surface area (Å²) >= 11 is 0. The number of benzene rings is 1. The average molecular weight is 346 g/mol. The smallest absolute Gasteiger partial charge is 0.330 e. The van der Waals surface area contributed by atoms with E-state index in [1.54, 1.807) is 0 Å². The Labute approximate surface area is 153 Å². The maximum Gasteiger partial charge on any atom is 0.330 e. The molecule has 0 aromatic heterocycles. The van der Waals surface area contributed by atoms with Crippen LogP contribution in [0.25, 0.3) is 0 Å². The number of ether oxygens (including phenoxy) is 1. The Kier molecular flexibility index (Phi) is 12.4. The first kappa shape index (κ1) is 21.3. The molecule has 0 radical (unpaired) electrons. The Bertz CT molecular complexity index is 467. The third-order valence-corrected chi connectivity index (χ3v) is 4.36. The minimum atomic E-state index is -0.386. The highest BCUT2D eigenvalue weighted by Crippen LogP contribution is 2.13. The van der Waals surface area contributed by atoms with Gasteiger partial charge in [0.1, 0.15) is 6.61 Å². The molecule has 0 saturated carbocycles. The predicted molar refractivity (Wildman–Crippen MR) is 107 cm³/mol. The zero-order valence-electron chi connectivity index (χ0n) is 15.9. The van der Waals surface area contributed by atoms with Gasteiger partial charge in [-0.2, -0.15) is 0 Å². The van der Waals surface area contributed by atoms with Gasteiger partial charge in [-0.25, -0.2) is 4.79 Å². The molecule has 0 aliphatic carbocycles. The third kappa shape index (κ3) is 11.4. The Balaban J connectivity index is 1.99. The maximum atomic E-state index is 11.0. The second-order valence-corrected chi connectivity index (χ2v) is 6.62. The number of hydrogen-bond donors (Lipinski definition) is 1. The second kappa shape index (κ2) is 14.6. The molecule has 3 heteroatoms. The SMILES string of the molecule is C=CC(=O)OCc1ccc(NCCCCCCCCCCCC)cc1. The molecule has 0 atom stereocenters. The van der Waals surface area contributed by atoms with Crippen molar-refractivity contribution in [2.24, 2.45) is 0 Å². The van der Waals surface area contributed by atoms with E-state index in [1.165, 1.54) is 70.3 Å². The zero-order chi connectivity index (χ0) is 18.2. The molecule has 25 heavy (non-hydrogen) atoms. The van der Waals surface area contributed by atoms with Crippen LogP contribution < -0.4 is 5.32 Å². The van der Waals surface area contributed by atoms with Crippen molar-refractivity contribution in [2.75, 3.05) is 11.9 Å². The van der Waals surface area contributed by atoms with E-state index < -0.39 is 0 Å². The number of nitrogens with one attached hydrogen (secondary N) is 1. The quantitative estimate of drug-likeness (QED) is 0.232. The van der Waals surface area contributed by atoms with E-state index in [1.807, 2.05) is 24.3 Å². The number of hydrogen-bond acceptors (Lipinski definition) is 3. The van der Waals surface area contributed by atoms with Crippen molar-refractivity contribution in [3.05, 3.63) is 42.5 Å². The Morgan fingerprint density at radius 1 is 0.960 bits per heavy atom. The van der Waals surface area contributed by atoms with Crippen molar-refractivity contribution in [2.45, 2.75) is 77.7 Å². The summed E-state index contributed by atoms with van der Waals surface area (Å²) in [4.78, 5) is 11.0. The first-order valence-corrected chi connectivity index (χ1v) is 9.88. The van der Waals surface area contributed by atoms with Gasteiger partial charge < -0.3 is 10.1 Å². The molecule has 0 fully saturated rings. The minimum Gasteiger partial charge on any atom is -0.458 e. The van der Waals surface area contributed by atoms with Crippen molar-refractivity contribution in [3.63, 3.8) is 0 Å². The zero-order valence-corrected chi connectivity index (χ0v) is 15.9. The molecule has 3 nitrogen and oxygen atoms in total. The molecule has 0 amide bonds. The van der Waals surface area contributed by atoms with Crippen molar-refractivity contribution in [1.29, 1.82) is 0 Å². The molecule has 0 aliphatic heterocycles. The van der Waals surface area contributed by atoms with Gasteiger partial charge in [0.25, 0.3) is 0 Å². The molecular formula is C22H35NO2. The highest BCUT2D eigenvalue weighted by Gasteiger charge is 1.99. The highest BCUT2D eigenvalue weighted by atomic mass is 16.5. The summed E-state index contributed by atoms with van der Waals surface area (Å²) in [6.07, 6.45) is 14.8. The van der Waals surface area contributed by atoms with Gasteiger partial charge in [0.05, 0.1) is 0 Å². The average Bonchev–Trinajstić information content (AvgIpc) is 2.65. The van der Waals surface area contributed by atoms with Crippen LogP contribution >= 0.6 is 0 Å². The highest BCUT2D eigenvalue weighted by molar-refractivity contribution is 5.81. The third-order valence-electron chi connectivity index (χ3n) is 4.36. The van der Waals surface area contributed by atoms with E-state index in [9.17, 15) is 4.79 Å². The van der Waals surface area contributed by atoms with Gasteiger partial charge in [-0.05, 0) is 24.1 Å². The number of carbonyl (C=O) groups excluding carboxylic acids is 1. The van der Waals surface area contributed by atoms with Crippen molar-refractivity contribution >= 4 is 11.7 Å². The largest absolute Gasteiger partial charge is 0.458 e. The van der Waals surface area contributed by atoms with E-state index in [2.05, 4.69) is 18.8 Å². The van der Waals surface area contributed by atoms with Gasteiger partial charge in [0.2, 0.25) is 0 Å². The summed E-state index contributed by atoms with van der Waals surface area (Å²) in [6.45, 7) is 6.96. The van der Waals surface area contributed by atoms with Crippen LogP contribution in [0.4, 0.5) is 5.69 Å². The fourth-order valence-corrected chi connectivity index (χ4v) is 2.78. The lowest BCUT2D eigenvalue weighted by atomic mass is 10.1. The Morgan fingerprint density at radius 2 is 1.52 bits per heavy atom. The van der Waals surface area contributed by atoms with Crippen LogP contribution in [0.1, 0.15) is 76.7 Å². The van der Waals surface area contributed by atoms with E-state index in [0.29, 0.717) is 6.61 Å². The fraction of sp³-hybridized carbons (Fsp3) is 0.591. The van der Waals surface area contributed by atoms with Gasteiger partial charge in [-0.1, -0.05) is 83.4 Å². The van der Waals surface area contributed by atoms with Crippen LogP contribution in [0.5, 0.6) is 0 Å². The van der Waals surface area contributed by atoms with Gasteiger partial charge in [-0.3, -0.25) is 0 Å². The van der Waals surface area contributed by atoms with Crippen LogP contribution in [0.15, 0.2) is 36.9 Å². The van der Waals surface area contributed by atoms with Crippen LogP contribution in [0, 0.1) is 0 Å². The Morgan fingerprint density at radius 3 is 2.08 bits per heavy atom. The summed E-state index contributed by atoms with van der Waals surface area (Å²) in [5.41, 5.74) is 2.11. The summed E-state index contributed by atoms with van der Waals surface area (Å²) < 4.78 is 5.01. The number of unbranched alkanes of at least 4 members (excludes halogenated alkanes) is 9. The standard InChI is InChI=1S/C22H35NO2/c1-3-5-6-7-8-9-10-11-12-13-18-23-21-16-14-20(15-17-21)19-25-22(24)4-2/h4,14-17,23H,2-3,5-13,18-19H2,1H3. The van der Waals surface area contributed by atoms with Gasteiger partial charge in [-0.15, -0.1) is 0 Å². The van der Waals surface area contributed by atoms with Crippen molar-refractivity contribution in [1.82, 2.24) is 0 Å². The summed E-state index contributed by atoms with van der Waals surface area (Å²) in [5, 5.41) is 3.45. The molecule has 0 saturated heterocycles. The van der Waals surface area contributed by atoms with E-state index in [0.717, 1.165) is 17.8 Å². The number of esters is 1. The van der Waals surface area contributed by atoms with Crippen molar-refractivity contribution in [3.8, 4) is 0 Å². The molecule has 0 aliphatic rings. The van der Waals surface area contributed by atoms with Crippen molar-refractivity contribution < 1.29 is 9.53 Å². The number of rotatable bonds is 15. The second-order valence-electron chi connectivity index (χ2n) is 6.62. The number of carbonyl (C=O) groups is 1. The molecule has 1 rings (SSSR count). The van der Waals surface area contributed by atoms with E-state index >= 15 is 0 Å². The lowest BCUT2D eigenvalue weighted by Crippen LogP contribution is -2.02. The molecule has 0 unspecified atom stereocenters. The summed E-state index contributed by atoms with van der Waals surface area (Å²) in [5.74, 6) is -0.386. The summed E-state index contributed by atoms with van der Waals surface area (Å²) in [7, 11) is 0. The van der Waals surface area contributed by atoms with Crippen LogP contribution in [-0.4, -0.2) is 12.5 Å². The topological polar surface area (TPSA) is 38.3 Å². The first-order chi connectivity index (χ1) is 12.3. The van der Waals surface area contributed by atoms with Crippen LogP contribution in [0.3, 0.4) is 0 Å². The molecule has 1 aromatic carbocycles. The normalized spacial score (nSPS) is 10.4. The first-order valence-electron chi connectivity index (χ1n) is 9.88. The fourth-order valence-electron chi connectivity index (χ4n) is 2.78. The lowest BCUT2D eigenvalue weighted by molar-refractivity contribution is -0.138. The molecule has 0 bridgehead atoms. The minimum absolute atomic E-state index is 0.295. The van der Waals surface area contributed by atoms with E-state index in [4.69, 9.17) is 4.74 Å². The molecule has 0 heterocycles. The van der Waals surface area contributed by atoms with Crippen LogP contribution in [0.2, 0.25) is 0 Å². The number of anilines is 1. The van der Waals surface area contributed by atoms with Crippen LogP contribution in [-0.2, 0) is 16.1 Å². The Hall–Kier alpha value is -1.77. The monoisotopic (exact) mass is 345 g/mol. The maximum absolute atomic E-state index is 11.0. The van der Waals surface area contributed by atoms with Gasteiger partial charge >= 0.3 is 5.97 Å². The summed E-state index contributed by atoms with van der Waals surface area (Å²) in [6, 6.07) is 8.04.